The van der Waals surface area contributed by atoms with Crippen LogP contribution >= 0.6 is 0 Å². The Morgan fingerprint density at radius 3 is 2.44 bits per heavy atom. The van der Waals surface area contributed by atoms with E-state index < -0.39 is 45.9 Å². The number of carboxylic acids is 1. The first kappa shape index (κ1) is 35.2. The minimum absolute atomic E-state index is 0.161. The van der Waals surface area contributed by atoms with E-state index in [9.17, 15) is 28.2 Å². The van der Waals surface area contributed by atoms with Gasteiger partial charge < -0.3 is 29.8 Å². The largest absolute Gasteiger partial charge is 0.477 e. The van der Waals surface area contributed by atoms with Gasteiger partial charge in [0.25, 0.3) is 10.0 Å². The molecule has 9 rings (SSSR count). The number of sulfonamides is 1. The molecule has 0 aliphatic carbocycles. The number of carboxylic acid groups (broad SMARTS) is 1. The first-order valence-corrected chi connectivity index (χ1v) is 20.3. The maximum atomic E-state index is 14.1. The fraction of sp³-hybridized carbons (Fsp3) is 0.553. The predicted molar refractivity (Wildman–Crippen MR) is 194 cm³/mol. The van der Waals surface area contributed by atoms with Gasteiger partial charge in [-0.1, -0.05) is 25.1 Å². The monoisotopic (exact) mass is 734 g/mol. The fourth-order valence-corrected chi connectivity index (χ4v) is 11.7. The lowest BCUT2D eigenvalue weighted by Gasteiger charge is -2.55. The summed E-state index contributed by atoms with van der Waals surface area (Å²) in [6.45, 7) is 15.2. The number of aromatic nitrogens is 2. The molecule has 52 heavy (non-hydrogen) atoms. The molecule has 2 aromatic carbocycles. The molecule has 278 valence electrons. The van der Waals surface area contributed by atoms with E-state index in [2.05, 4.69) is 27.9 Å². The molecule has 4 N–H and O–H groups in total. The van der Waals surface area contributed by atoms with Gasteiger partial charge in [-0.3, -0.25) is 9.10 Å². The van der Waals surface area contributed by atoms with Gasteiger partial charge >= 0.3 is 5.97 Å². The Balaban J connectivity index is 0.958. The van der Waals surface area contributed by atoms with Crippen molar-refractivity contribution in [1.29, 1.82) is 0 Å². The normalized spacial score (nSPS) is 29.2. The van der Waals surface area contributed by atoms with Crippen LogP contribution in [0.5, 0.6) is 0 Å². The summed E-state index contributed by atoms with van der Waals surface area (Å²) in [5, 5.41) is 22.0. The number of piperazine rings is 3. The summed E-state index contributed by atoms with van der Waals surface area (Å²) in [5.74, 6) is -2.83. The molecule has 0 spiro atoms. The van der Waals surface area contributed by atoms with Crippen molar-refractivity contribution in [3.8, 4) is 0 Å². The van der Waals surface area contributed by atoms with E-state index >= 15 is 0 Å². The van der Waals surface area contributed by atoms with Gasteiger partial charge in [-0.25, -0.2) is 22.3 Å². The van der Waals surface area contributed by atoms with E-state index in [0.717, 1.165) is 47.9 Å². The molecule has 0 saturated carbocycles. The third kappa shape index (κ3) is 5.56. The summed E-state index contributed by atoms with van der Waals surface area (Å²) in [7, 11) is -3.97. The topological polar surface area (TPSA) is 150 Å². The number of anilines is 1. The average Bonchev–Trinajstić information content (AvgIpc) is 3.74. The number of rotatable bonds is 14. The quantitative estimate of drug-likeness (QED) is 0.128. The fourth-order valence-electron chi connectivity index (χ4n) is 10.0. The van der Waals surface area contributed by atoms with Crippen molar-refractivity contribution in [3.63, 3.8) is 0 Å². The molecule has 0 unspecified atom stereocenters. The van der Waals surface area contributed by atoms with Crippen LogP contribution in [-0.4, -0.2) is 127 Å². The lowest BCUT2D eigenvalue weighted by Crippen LogP contribution is -2.75. The molecule has 7 heterocycles. The number of amides is 1. The molecule has 4 atom stereocenters. The molecule has 6 aliphatic heterocycles. The Kier molecular flexibility index (Phi) is 8.76. The number of aliphatic hydroxyl groups excluding tert-OH is 1. The number of aliphatic hydroxyl groups is 1. The lowest BCUT2D eigenvalue weighted by molar-refractivity contribution is -1.08. The first-order valence-electron chi connectivity index (χ1n) is 18.9. The molecule has 6 aliphatic rings. The zero-order chi connectivity index (χ0) is 36.6. The molecular formula is C38H52N7O6S+3. The molecule has 1 aromatic heterocycles. The van der Waals surface area contributed by atoms with Gasteiger partial charge in [0.2, 0.25) is 12.2 Å². The second kappa shape index (κ2) is 12.9. The highest BCUT2D eigenvalue weighted by Gasteiger charge is 2.60. The summed E-state index contributed by atoms with van der Waals surface area (Å²) in [6, 6.07) is 8.87. The van der Waals surface area contributed by atoms with Crippen LogP contribution in [-0.2, 0) is 39.1 Å². The number of hydrogen-bond donors (Lipinski definition) is 3. The highest BCUT2D eigenvalue weighted by atomic mass is 32.2. The summed E-state index contributed by atoms with van der Waals surface area (Å²) >= 11 is 0. The van der Waals surface area contributed by atoms with E-state index in [0.29, 0.717) is 23.2 Å². The van der Waals surface area contributed by atoms with Gasteiger partial charge in [-0.2, -0.15) is 0 Å². The van der Waals surface area contributed by atoms with Crippen LogP contribution in [0.15, 0.2) is 65.2 Å². The summed E-state index contributed by atoms with van der Waals surface area (Å²) in [6.07, 6.45) is 8.57. The van der Waals surface area contributed by atoms with E-state index in [4.69, 9.17) is 5.73 Å². The van der Waals surface area contributed by atoms with Crippen molar-refractivity contribution in [3.05, 3.63) is 65.9 Å². The van der Waals surface area contributed by atoms with Crippen LogP contribution in [0.2, 0.25) is 0 Å². The van der Waals surface area contributed by atoms with E-state index in [1.165, 1.54) is 72.8 Å². The zero-order valence-electron chi connectivity index (χ0n) is 30.2. The number of β-lactam (4-membered cyclic amide) rings is 1. The molecule has 14 heteroatoms. The molecule has 13 nitrogen and oxygen atoms in total. The number of carbonyl (C=O) groups is 2. The standard InChI is InChI=1S/C38H51N7O6S/c1-26-30(36(38(48)49)43-35(26)33(27(2)46)37(43)47)24-42-31-7-3-6-29-28(8-9-32(34(29)31)52(42,50)51)10-17-45-21-18-44(19-22-45,20-23-45)16-5-13-41-15-14-40(25-41)12-4-11-39/h3,6-9,14-15,25-27,33,35,46H,4-5,10-13,16-24,39H2,1-2H3/q+2/p+1/t26-,27+,33+,35+,44?,45?/m0/s1. The SMILES string of the molecule is C[C@@H](O)[C@H]1C(=O)N2C(C(=O)O)=C(CN3c4cccc5c(CC[N+]67CC[N+](CCC[n+]8ccn(CCCN)c8)(CC6)CC7)ccc(c45)S3(=O)=O)[C@H](C)[C@H]12. The smallest absolute Gasteiger partial charge is 0.352 e. The summed E-state index contributed by atoms with van der Waals surface area (Å²) in [5.41, 5.74) is 7.57. The van der Waals surface area contributed by atoms with Gasteiger partial charge in [0.15, 0.2) is 0 Å². The van der Waals surface area contributed by atoms with Crippen LogP contribution in [0, 0.1) is 11.8 Å². The van der Waals surface area contributed by atoms with Gasteiger partial charge in [0, 0.05) is 24.1 Å². The Morgan fingerprint density at radius 1 is 1.06 bits per heavy atom. The van der Waals surface area contributed by atoms with Gasteiger partial charge in [-0.05, 0) is 48.5 Å². The maximum Gasteiger partial charge on any atom is 0.352 e. The minimum atomic E-state index is -3.97. The van der Waals surface area contributed by atoms with Crippen molar-refractivity contribution >= 4 is 38.4 Å². The molecule has 4 saturated heterocycles. The molecule has 1 amide bonds. The molecular weight excluding hydrogens is 683 g/mol. The van der Waals surface area contributed by atoms with Crippen LogP contribution in [0.25, 0.3) is 10.8 Å². The molecule has 4 fully saturated rings. The lowest BCUT2D eigenvalue weighted by atomic mass is 9.78. The second-order valence-electron chi connectivity index (χ2n) is 16.0. The van der Waals surface area contributed by atoms with E-state index in [-0.39, 0.29) is 17.1 Å². The Hall–Kier alpha value is -3.82. The number of nitrogens with zero attached hydrogens (tertiary/aromatic N) is 6. The number of benzene rings is 2. The Morgan fingerprint density at radius 2 is 1.77 bits per heavy atom. The van der Waals surface area contributed by atoms with Crippen molar-refractivity contribution < 1.29 is 41.8 Å². The van der Waals surface area contributed by atoms with Crippen molar-refractivity contribution in [1.82, 2.24) is 9.47 Å². The van der Waals surface area contributed by atoms with E-state index in [1.54, 1.807) is 12.1 Å². The van der Waals surface area contributed by atoms with Crippen molar-refractivity contribution in [2.24, 2.45) is 17.6 Å². The van der Waals surface area contributed by atoms with E-state index in [1.807, 2.05) is 25.1 Å². The third-order valence-corrected chi connectivity index (χ3v) is 15.0. The predicted octanol–water partition coefficient (Wildman–Crippen LogP) is 1.28. The second-order valence-corrected chi connectivity index (χ2v) is 17.8. The average molecular weight is 735 g/mol. The third-order valence-electron chi connectivity index (χ3n) is 13.2. The summed E-state index contributed by atoms with van der Waals surface area (Å²) < 4.78 is 36.4. The highest BCUT2D eigenvalue weighted by molar-refractivity contribution is 7.93. The van der Waals surface area contributed by atoms with Crippen molar-refractivity contribution in [2.45, 2.75) is 63.2 Å². The summed E-state index contributed by atoms with van der Waals surface area (Å²) in [4.78, 5) is 26.9. The van der Waals surface area contributed by atoms with Gasteiger partial charge in [0.05, 0.1) is 61.4 Å². The number of quaternary nitrogens is 2. The molecule has 2 bridgehead atoms. The number of aryl methyl sites for hydroxylation is 2. The van der Waals surface area contributed by atoms with Crippen LogP contribution < -0.4 is 14.6 Å². The Labute approximate surface area is 305 Å². The first-order chi connectivity index (χ1) is 24.9. The minimum Gasteiger partial charge on any atom is -0.477 e. The molecule has 3 aromatic rings. The molecule has 0 radical (unpaired) electrons. The van der Waals surface area contributed by atoms with Gasteiger partial charge in [-0.15, -0.1) is 0 Å². The number of nitrogens with two attached hydrogens (primary N) is 1. The number of imidazole rings is 1. The van der Waals surface area contributed by atoms with Gasteiger partial charge in [0.1, 0.15) is 57.4 Å². The number of aliphatic carboxylic acids is 1. The van der Waals surface area contributed by atoms with Crippen LogP contribution in [0.3, 0.4) is 0 Å². The zero-order valence-corrected chi connectivity index (χ0v) is 31.0. The van der Waals surface area contributed by atoms with Crippen LogP contribution in [0.1, 0.15) is 32.3 Å². The number of carbonyl (C=O) groups excluding carboxylic acids is 1. The van der Waals surface area contributed by atoms with Crippen LogP contribution in [0.4, 0.5) is 5.69 Å². The number of fused-ring (bicyclic) bond motifs is 4. The Bertz CT molecular complexity index is 2050. The van der Waals surface area contributed by atoms with Crippen molar-refractivity contribution in [2.75, 3.05) is 69.8 Å². The number of hydrogen-bond acceptors (Lipinski definition) is 6. The maximum absolute atomic E-state index is 14.1. The highest BCUT2D eigenvalue weighted by Crippen LogP contribution is 2.50.